The Morgan fingerprint density at radius 1 is 0.826 bits per heavy atom. The molecule has 1 atom stereocenters. The molecule has 0 saturated carbocycles. The molecule has 0 aliphatic rings. The average Bonchev–Trinajstić information content (AvgIpc) is 2.64. The van der Waals surface area contributed by atoms with Crippen molar-refractivity contribution in [2.75, 3.05) is 14.2 Å². The summed E-state index contributed by atoms with van der Waals surface area (Å²) >= 11 is 0. The van der Waals surface area contributed by atoms with Crippen molar-refractivity contribution in [3.63, 3.8) is 0 Å². The van der Waals surface area contributed by atoms with Gasteiger partial charge in [-0.25, -0.2) is 0 Å². The summed E-state index contributed by atoms with van der Waals surface area (Å²) in [7, 11) is 3.39. The summed E-state index contributed by atoms with van der Waals surface area (Å²) in [5.41, 5.74) is 4.33. The van der Waals surface area contributed by atoms with Gasteiger partial charge in [-0.3, -0.25) is 4.98 Å². The van der Waals surface area contributed by atoms with Gasteiger partial charge in [-0.1, -0.05) is 42.5 Å². The fraction of sp³-hybridized carbons (Fsp3) is 0.150. The van der Waals surface area contributed by atoms with Crippen LogP contribution in [0.5, 0.6) is 5.75 Å². The summed E-state index contributed by atoms with van der Waals surface area (Å²) in [6.45, 7) is 0. The van der Waals surface area contributed by atoms with Gasteiger partial charge in [-0.05, 0) is 34.9 Å². The van der Waals surface area contributed by atoms with Crippen LogP contribution in [0.25, 0.3) is 11.1 Å². The van der Waals surface area contributed by atoms with Crippen LogP contribution in [-0.4, -0.2) is 19.2 Å². The number of ether oxygens (including phenoxy) is 2. The summed E-state index contributed by atoms with van der Waals surface area (Å²) in [4.78, 5) is 4.07. The number of methoxy groups -OCH3 is 2. The molecule has 1 heterocycles. The van der Waals surface area contributed by atoms with Crippen LogP contribution in [0.2, 0.25) is 0 Å². The van der Waals surface area contributed by atoms with E-state index in [1.54, 1.807) is 26.6 Å². The molecule has 3 rings (SSSR count). The first-order valence-electron chi connectivity index (χ1n) is 7.49. The van der Waals surface area contributed by atoms with E-state index < -0.39 is 0 Å². The summed E-state index contributed by atoms with van der Waals surface area (Å²) < 4.78 is 11.3. The van der Waals surface area contributed by atoms with Crippen molar-refractivity contribution in [1.29, 1.82) is 0 Å². The third kappa shape index (κ3) is 3.25. The second kappa shape index (κ2) is 7.07. The first kappa shape index (κ1) is 15.3. The van der Waals surface area contributed by atoms with Crippen molar-refractivity contribution >= 4 is 0 Å². The van der Waals surface area contributed by atoms with Gasteiger partial charge in [0.1, 0.15) is 11.9 Å². The van der Waals surface area contributed by atoms with Gasteiger partial charge in [-0.2, -0.15) is 0 Å². The standard InChI is InChI=1S/C20H19NO2/c1-22-19-14-17(15-6-4-3-5-7-15)8-9-18(19)20(23-2)16-10-12-21-13-11-16/h3-14,20H,1-2H3. The lowest BCUT2D eigenvalue weighted by Crippen LogP contribution is -2.06. The van der Waals surface area contributed by atoms with Crippen molar-refractivity contribution in [3.8, 4) is 16.9 Å². The molecule has 116 valence electrons. The monoisotopic (exact) mass is 305 g/mol. The molecule has 2 aromatic carbocycles. The number of hydrogen-bond donors (Lipinski definition) is 0. The van der Waals surface area contributed by atoms with E-state index in [1.165, 1.54) is 0 Å². The Labute approximate surface area is 136 Å². The molecular weight excluding hydrogens is 286 g/mol. The Kier molecular flexibility index (Phi) is 4.69. The minimum atomic E-state index is -0.183. The van der Waals surface area contributed by atoms with Gasteiger partial charge in [0.2, 0.25) is 0 Å². The van der Waals surface area contributed by atoms with Crippen molar-refractivity contribution < 1.29 is 9.47 Å². The number of pyridine rings is 1. The highest BCUT2D eigenvalue weighted by Crippen LogP contribution is 2.35. The molecule has 1 unspecified atom stereocenters. The Bertz CT molecular complexity index is 757. The molecule has 3 heteroatoms. The van der Waals surface area contributed by atoms with Crippen LogP contribution in [0, 0.1) is 0 Å². The van der Waals surface area contributed by atoms with Gasteiger partial charge in [-0.15, -0.1) is 0 Å². The average molecular weight is 305 g/mol. The zero-order chi connectivity index (χ0) is 16.1. The third-order valence-electron chi connectivity index (χ3n) is 3.87. The minimum absolute atomic E-state index is 0.183. The zero-order valence-electron chi connectivity index (χ0n) is 13.3. The maximum Gasteiger partial charge on any atom is 0.125 e. The van der Waals surface area contributed by atoms with E-state index >= 15 is 0 Å². The fourth-order valence-corrected chi connectivity index (χ4v) is 2.72. The Morgan fingerprint density at radius 3 is 2.22 bits per heavy atom. The van der Waals surface area contributed by atoms with E-state index in [0.717, 1.165) is 28.0 Å². The molecule has 0 N–H and O–H groups in total. The molecule has 0 aliphatic carbocycles. The van der Waals surface area contributed by atoms with Gasteiger partial charge < -0.3 is 9.47 Å². The Morgan fingerprint density at radius 2 is 1.57 bits per heavy atom. The zero-order valence-corrected chi connectivity index (χ0v) is 13.3. The maximum absolute atomic E-state index is 5.70. The lowest BCUT2D eigenvalue weighted by molar-refractivity contribution is 0.133. The normalized spacial score (nSPS) is 11.9. The van der Waals surface area contributed by atoms with Gasteiger partial charge in [0.15, 0.2) is 0 Å². The minimum Gasteiger partial charge on any atom is -0.496 e. The molecule has 0 fully saturated rings. The molecule has 0 spiro atoms. The molecule has 1 aromatic heterocycles. The first-order chi connectivity index (χ1) is 11.3. The van der Waals surface area contributed by atoms with Crippen LogP contribution in [0.1, 0.15) is 17.2 Å². The first-order valence-corrected chi connectivity index (χ1v) is 7.49. The highest BCUT2D eigenvalue weighted by atomic mass is 16.5. The number of hydrogen-bond acceptors (Lipinski definition) is 3. The second-order valence-corrected chi connectivity index (χ2v) is 5.22. The summed E-state index contributed by atoms with van der Waals surface area (Å²) in [5, 5.41) is 0. The summed E-state index contributed by atoms with van der Waals surface area (Å²) in [5.74, 6) is 0.815. The molecule has 3 aromatic rings. The van der Waals surface area contributed by atoms with E-state index in [9.17, 15) is 0 Å². The predicted molar refractivity (Wildman–Crippen MR) is 91.5 cm³/mol. The second-order valence-electron chi connectivity index (χ2n) is 5.22. The maximum atomic E-state index is 5.70. The number of benzene rings is 2. The van der Waals surface area contributed by atoms with Crippen molar-refractivity contribution in [1.82, 2.24) is 4.98 Å². The molecule has 0 saturated heterocycles. The summed E-state index contributed by atoms with van der Waals surface area (Å²) in [6, 6.07) is 20.4. The smallest absolute Gasteiger partial charge is 0.125 e. The van der Waals surface area contributed by atoms with E-state index in [2.05, 4.69) is 35.3 Å². The van der Waals surface area contributed by atoms with Crippen LogP contribution in [0.15, 0.2) is 73.1 Å². The van der Waals surface area contributed by atoms with Crippen LogP contribution in [0.4, 0.5) is 0 Å². The molecule has 0 bridgehead atoms. The van der Waals surface area contributed by atoms with Gasteiger partial charge in [0.25, 0.3) is 0 Å². The van der Waals surface area contributed by atoms with Crippen molar-refractivity contribution in [3.05, 3.63) is 84.2 Å². The number of aromatic nitrogens is 1. The van der Waals surface area contributed by atoms with E-state index in [1.807, 2.05) is 30.3 Å². The number of rotatable bonds is 5. The third-order valence-corrected chi connectivity index (χ3v) is 3.87. The topological polar surface area (TPSA) is 31.4 Å². The van der Waals surface area contributed by atoms with E-state index in [4.69, 9.17) is 9.47 Å². The summed E-state index contributed by atoms with van der Waals surface area (Å²) in [6.07, 6.45) is 3.36. The highest BCUT2D eigenvalue weighted by Gasteiger charge is 2.18. The Hall–Kier alpha value is -2.65. The van der Waals surface area contributed by atoms with Crippen LogP contribution >= 0.6 is 0 Å². The molecule has 3 nitrogen and oxygen atoms in total. The van der Waals surface area contributed by atoms with Crippen LogP contribution < -0.4 is 4.74 Å². The quantitative estimate of drug-likeness (QED) is 0.696. The highest BCUT2D eigenvalue weighted by molar-refractivity contribution is 5.66. The van der Waals surface area contributed by atoms with Crippen LogP contribution in [-0.2, 0) is 4.74 Å². The van der Waals surface area contributed by atoms with Gasteiger partial charge in [0.05, 0.1) is 7.11 Å². The molecule has 23 heavy (non-hydrogen) atoms. The van der Waals surface area contributed by atoms with E-state index in [-0.39, 0.29) is 6.10 Å². The lowest BCUT2D eigenvalue weighted by atomic mass is 9.97. The SMILES string of the molecule is COc1cc(-c2ccccc2)ccc1C(OC)c1ccncc1. The molecule has 0 amide bonds. The van der Waals surface area contributed by atoms with Crippen LogP contribution in [0.3, 0.4) is 0 Å². The van der Waals surface area contributed by atoms with E-state index in [0.29, 0.717) is 0 Å². The van der Waals surface area contributed by atoms with Crippen molar-refractivity contribution in [2.24, 2.45) is 0 Å². The molecule has 0 radical (unpaired) electrons. The largest absolute Gasteiger partial charge is 0.496 e. The van der Waals surface area contributed by atoms with Crippen molar-refractivity contribution in [2.45, 2.75) is 6.10 Å². The Balaban J connectivity index is 2.03. The predicted octanol–water partition coefficient (Wildman–Crippen LogP) is 4.49. The number of nitrogens with zero attached hydrogens (tertiary/aromatic N) is 1. The molecular formula is C20H19NO2. The van der Waals surface area contributed by atoms with Gasteiger partial charge in [0, 0.05) is 25.1 Å². The fourth-order valence-electron chi connectivity index (χ4n) is 2.72. The van der Waals surface area contributed by atoms with Gasteiger partial charge >= 0.3 is 0 Å². The molecule has 0 aliphatic heterocycles. The lowest BCUT2D eigenvalue weighted by Gasteiger charge is -2.19.